The molecule has 0 radical (unpaired) electrons. The lowest BCUT2D eigenvalue weighted by Gasteiger charge is -2.31. The Morgan fingerprint density at radius 3 is 2.00 bits per heavy atom. The standard InChI is InChI=1S/C49H35NS/c1-49(2)43-23-10-8-19-38(43)39-28-27-35(31-44(39)49)50(34-16-4-3-5-17-34)45-24-13-22-41(37-21-12-15-32-14-6-7-18-36(32)37)48(45)33-26-29-47-42(30-33)40-20-9-11-25-46(40)51-47/h3-31H,1-2H3. The third-order valence-electron chi connectivity index (χ3n) is 10.9. The molecule has 0 bridgehead atoms. The molecule has 1 nitrogen and oxygen atoms in total. The van der Waals surface area contributed by atoms with Crippen LogP contribution in [-0.4, -0.2) is 0 Å². The Hall–Kier alpha value is -5.96. The van der Waals surface area contributed by atoms with E-state index in [4.69, 9.17) is 0 Å². The molecule has 0 saturated carbocycles. The largest absolute Gasteiger partial charge is 0.310 e. The third kappa shape index (κ3) is 4.67. The highest BCUT2D eigenvalue weighted by molar-refractivity contribution is 7.25. The van der Waals surface area contributed by atoms with Crippen molar-refractivity contribution in [1.82, 2.24) is 0 Å². The first-order valence-electron chi connectivity index (χ1n) is 17.7. The highest BCUT2D eigenvalue weighted by Crippen LogP contribution is 2.52. The predicted octanol–water partition coefficient (Wildman–Crippen LogP) is 14.3. The summed E-state index contributed by atoms with van der Waals surface area (Å²) in [5.41, 5.74) is 13.6. The van der Waals surface area contributed by atoms with Gasteiger partial charge in [0.05, 0.1) is 5.69 Å². The second-order valence-electron chi connectivity index (χ2n) is 14.1. The van der Waals surface area contributed by atoms with E-state index in [1.54, 1.807) is 0 Å². The molecule has 10 rings (SSSR count). The Kier molecular flexibility index (Phi) is 6.78. The van der Waals surface area contributed by atoms with Gasteiger partial charge in [-0.25, -0.2) is 0 Å². The number of fused-ring (bicyclic) bond motifs is 7. The molecule has 0 spiro atoms. The van der Waals surface area contributed by atoms with Crippen LogP contribution in [0.15, 0.2) is 176 Å². The van der Waals surface area contributed by atoms with Crippen molar-refractivity contribution in [2.75, 3.05) is 4.90 Å². The third-order valence-corrected chi connectivity index (χ3v) is 12.0. The second kappa shape index (κ2) is 11.6. The first-order valence-corrected chi connectivity index (χ1v) is 18.5. The van der Waals surface area contributed by atoms with Gasteiger partial charge in [0.25, 0.3) is 0 Å². The van der Waals surface area contributed by atoms with Crippen LogP contribution in [0.4, 0.5) is 17.1 Å². The molecule has 0 aliphatic heterocycles. The first kappa shape index (κ1) is 29.9. The van der Waals surface area contributed by atoms with Gasteiger partial charge in [-0.2, -0.15) is 0 Å². The highest BCUT2D eigenvalue weighted by Gasteiger charge is 2.36. The number of nitrogens with zero attached hydrogens (tertiary/aromatic N) is 1. The van der Waals surface area contributed by atoms with Gasteiger partial charge in [0.2, 0.25) is 0 Å². The molecule has 1 heterocycles. The van der Waals surface area contributed by atoms with E-state index in [1.165, 1.54) is 75.5 Å². The van der Waals surface area contributed by atoms with E-state index in [2.05, 4.69) is 195 Å². The van der Waals surface area contributed by atoms with Gasteiger partial charge in [0.15, 0.2) is 0 Å². The van der Waals surface area contributed by atoms with Crippen LogP contribution in [0.25, 0.3) is 64.3 Å². The predicted molar refractivity (Wildman–Crippen MR) is 220 cm³/mol. The van der Waals surface area contributed by atoms with Crippen molar-refractivity contribution in [2.45, 2.75) is 19.3 Å². The normalized spacial score (nSPS) is 13.1. The fourth-order valence-corrected chi connectivity index (χ4v) is 9.52. The number of anilines is 3. The van der Waals surface area contributed by atoms with E-state index in [0.717, 1.165) is 17.1 Å². The molecule has 1 aromatic heterocycles. The maximum atomic E-state index is 2.47. The summed E-state index contributed by atoms with van der Waals surface area (Å²) in [6.45, 7) is 4.72. The Labute approximate surface area is 302 Å². The molecule has 0 atom stereocenters. The van der Waals surface area contributed by atoms with Gasteiger partial charge in [-0.15, -0.1) is 11.3 Å². The van der Waals surface area contributed by atoms with Crippen LogP contribution < -0.4 is 4.90 Å². The molecular formula is C49H35NS. The molecule has 242 valence electrons. The van der Waals surface area contributed by atoms with Crippen LogP contribution in [0.3, 0.4) is 0 Å². The molecule has 0 amide bonds. The summed E-state index contributed by atoms with van der Waals surface area (Å²) in [6.07, 6.45) is 0. The molecule has 0 saturated heterocycles. The van der Waals surface area contributed by atoms with E-state index in [9.17, 15) is 0 Å². The van der Waals surface area contributed by atoms with Gasteiger partial charge in [-0.1, -0.05) is 141 Å². The Morgan fingerprint density at radius 1 is 0.431 bits per heavy atom. The molecule has 51 heavy (non-hydrogen) atoms. The molecule has 8 aromatic carbocycles. The van der Waals surface area contributed by atoms with Crippen molar-refractivity contribution < 1.29 is 0 Å². The number of benzene rings is 8. The average Bonchev–Trinajstić information content (AvgIpc) is 3.66. The minimum absolute atomic E-state index is 0.108. The number of hydrogen-bond acceptors (Lipinski definition) is 2. The number of para-hydroxylation sites is 1. The quantitative estimate of drug-likeness (QED) is 0.176. The van der Waals surface area contributed by atoms with Crippen LogP contribution >= 0.6 is 11.3 Å². The van der Waals surface area contributed by atoms with Gasteiger partial charge >= 0.3 is 0 Å². The van der Waals surface area contributed by atoms with E-state index in [1.807, 2.05) is 11.3 Å². The van der Waals surface area contributed by atoms with Gasteiger partial charge in [0.1, 0.15) is 0 Å². The first-order chi connectivity index (χ1) is 25.1. The number of hydrogen-bond donors (Lipinski definition) is 0. The summed E-state index contributed by atoms with van der Waals surface area (Å²) in [6, 6.07) is 65.0. The van der Waals surface area contributed by atoms with Crippen LogP contribution in [0, 0.1) is 0 Å². The second-order valence-corrected chi connectivity index (χ2v) is 15.2. The number of rotatable bonds is 5. The van der Waals surface area contributed by atoms with Crippen LogP contribution in [0.2, 0.25) is 0 Å². The summed E-state index contributed by atoms with van der Waals surface area (Å²) in [7, 11) is 0. The van der Waals surface area contributed by atoms with Crippen LogP contribution in [-0.2, 0) is 5.41 Å². The fourth-order valence-electron chi connectivity index (χ4n) is 8.43. The summed E-state index contributed by atoms with van der Waals surface area (Å²) >= 11 is 1.87. The Balaban J connectivity index is 1.28. The fraction of sp³-hybridized carbons (Fsp3) is 0.0612. The van der Waals surface area contributed by atoms with E-state index in [-0.39, 0.29) is 5.41 Å². The number of thiophene rings is 1. The molecule has 9 aromatic rings. The monoisotopic (exact) mass is 669 g/mol. The SMILES string of the molecule is CC1(C)c2ccccc2-c2ccc(N(c3ccccc3)c3cccc(-c4cccc5ccccc45)c3-c3ccc4sc5ccccc5c4c3)cc21. The minimum Gasteiger partial charge on any atom is -0.310 e. The highest BCUT2D eigenvalue weighted by atomic mass is 32.1. The lowest BCUT2D eigenvalue weighted by molar-refractivity contribution is 0.660. The molecule has 0 unspecified atom stereocenters. The molecule has 1 aliphatic rings. The van der Waals surface area contributed by atoms with Gasteiger partial charge < -0.3 is 4.90 Å². The smallest absolute Gasteiger partial charge is 0.0546 e. The zero-order chi connectivity index (χ0) is 34.1. The average molecular weight is 670 g/mol. The zero-order valence-electron chi connectivity index (χ0n) is 28.6. The molecule has 0 fully saturated rings. The maximum Gasteiger partial charge on any atom is 0.0546 e. The molecule has 1 aliphatic carbocycles. The Bertz CT molecular complexity index is 2780. The summed E-state index contributed by atoms with van der Waals surface area (Å²) in [5, 5.41) is 5.11. The summed E-state index contributed by atoms with van der Waals surface area (Å²) in [4.78, 5) is 2.47. The van der Waals surface area contributed by atoms with Crippen molar-refractivity contribution in [1.29, 1.82) is 0 Å². The summed E-state index contributed by atoms with van der Waals surface area (Å²) in [5.74, 6) is 0. The van der Waals surface area contributed by atoms with Crippen molar-refractivity contribution in [2.24, 2.45) is 0 Å². The van der Waals surface area contributed by atoms with E-state index in [0.29, 0.717) is 0 Å². The van der Waals surface area contributed by atoms with Gasteiger partial charge in [-0.3, -0.25) is 0 Å². The van der Waals surface area contributed by atoms with Crippen molar-refractivity contribution in [3.8, 4) is 33.4 Å². The van der Waals surface area contributed by atoms with E-state index >= 15 is 0 Å². The van der Waals surface area contributed by atoms with E-state index < -0.39 is 0 Å². The zero-order valence-corrected chi connectivity index (χ0v) is 29.4. The van der Waals surface area contributed by atoms with Crippen LogP contribution in [0.1, 0.15) is 25.0 Å². The topological polar surface area (TPSA) is 3.24 Å². The molecule has 2 heteroatoms. The molecular weight excluding hydrogens is 635 g/mol. The summed E-state index contributed by atoms with van der Waals surface area (Å²) < 4.78 is 2.63. The lowest BCUT2D eigenvalue weighted by Crippen LogP contribution is -2.17. The maximum absolute atomic E-state index is 2.47. The Morgan fingerprint density at radius 2 is 1.10 bits per heavy atom. The lowest BCUT2D eigenvalue weighted by atomic mass is 9.82. The van der Waals surface area contributed by atoms with Crippen molar-refractivity contribution in [3.05, 3.63) is 187 Å². The molecule has 0 N–H and O–H groups in total. The van der Waals surface area contributed by atoms with Crippen molar-refractivity contribution >= 4 is 59.3 Å². The van der Waals surface area contributed by atoms with Crippen LogP contribution in [0.5, 0.6) is 0 Å². The minimum atomic E-state index is -0.108. The van der Waals surface area contributed by atoms with Gasteiger partial charge in [0, 0.05) is 42.5 Å². The van der Waals surface area contributed by atoms with Gasteiger partial charge in [-0.05, 0) is 98.2 Å². The van der Waals surface area contributed by atoms with Crippen molar-refractivity contribution in [3.63, 3.8) is 0 Å².